The van der Waals surface area contributed by atoms with E-state index in [0.29, 0.717) is 36.8 Å². The Morgan fingerprint density at radius 2 is 1.81 bits per heavy atom. The molecule has 27 heavy (non-hydrogen) atoms. The maximum absolute atomic E-state index is 13.5. The first kappa shape index (κ1) is 21.9. The molecule has 2 rings (SSSR count). The van der Waals surface area contributed by atoms with Crippen LogP contribution in [0.2, 0.25) is 0 Å². The Labute approximate surface area is 164 Å². The molecule has 0 saturated heterocycles. The van der Waals surface area contributed by atoms with Gasteiger partial charge >= 0.3 is 0 Å². The van der Waals surface area contributed by atoms with E-state index in [2.05, 4.69) is 5.32 Å². The molecular formula is C20H33N3O3S. The highest BCUT2D eigenvalue weighted by molar-refractivity contribution is 7.89. The number of nitrogens with zero attached hydrogens (tertiary/aromatic N) is 2. The Morgan fingerprint density at radius 3 is 2.41 bits per heavy atom. The molecule has 1 aromatic rings. The van der Waals surface area contributed by atoms with E-state index in [1.54, 1.807) is 29.4 Å². The minimum absolute atomic E-state index is 0.214. The summed E-state index contributed by atoms with van der Waals surface area (Å²) in [5.41, 5.74) is 1.21. The predicted octanol–water partition coefficient (Wildman–Crippen LogP) is 3.09. The van der Waals surface area contributed by atoms with E-state index in [9.17, 15) is 13.2 Å². The number of hydrogen-bond acceptors (Lipinski definition) is 4. The molecule has 1 fully saturated rings. The van der Waals surface area contributed by atoms with E-state index in [1.165, 1.54) is 26.2 Å². The smallest absolute Gasteiger partial charge is 0.243 e. The van der Waals surface area contributed by atoms with Crippen LogP contribution in [0.4, 0.5) is 5.69 Å². The Morgan fingerprint density at radius 1 is 1.15 bits per heavy atom. The van der Waals surface area contributed by atoms with Gasteiger partial charge in [-0.3, -0.25) is 4.79 Å². The normalized spacial score (nSPS) is 16.1. The number of rotatable bonds is 8. The first-order chi connectivity index (χ1) is 12.7. The van der Waals surface area contributed by atoms with Crippen LogP contribution < -0.4 is 5.32 Å². The first-order valence-electron chi connectivity index (χ1n) is 9.73. The number of carbonyl (C=O) groups excluding carboxylic acids is 1. The quantitative estimate of drug-likeness (QED) is 0.734. The van der Waals surface area contributed by atoms with E-state index in [4.69, 9.17) is 0 Å². The average molecular weight is 396 g/mol. The largest absolute Gasteiger partial charge is 0.326 e. The number of amides is 1. The fourth-order valence-corrected chi connectivity index (χ4v) is 5.33. The molecule has 0 heterocycles. The first-order valence-corrected chi connectivity index (χ1v) is 11.2. The van der Waals surface area contributed by atoms with Gasteiger partial charge in [-0.15, -0.1) is 0 Å². The number of benzene rings is 1. The average Bonchev–Trinajstić information content (AvgIpc) is 2.60. The van der Waals surface area contributed by atoms with Crippen LogP contribution in [0.3, 0.4) is 0 Å². The Kier molecular flexibility index (Phi) is 7.82. The van der Waals surface area contributed by atoms with Crippen LogP contribution in [0, 0.1) is 12.8 Å². The molecule has 1 aliphatic rings. The number of carbonyl (C=O) groups is 1. The molecular weight excluding hydrogens is 362 g/mol. The van der Waals surface area contributed by atoms with Crippen LogP contribution in [-0.4, -0.2) is 57.3 Å². The van der Waals surface area contributed by atoms with Gasteiger partial charge in [0, 0.05) is 32.2 Å². The van der Waals surface area contributed by atoms with E-state index in [1.807, 2.05) is 19.0 Å². The molecule has 7 heteroatoms. The minimum Gasteiger partial charge on any atom is -0.326 e. The number of sulfonamides is 1. The second-order valence-corrected chi connectivity index (χ2v) is 9.74. The van der Waals surface area contributed by atoms with Gasteiger partial charge in [-0.1, -0.05) is 25.3 Å². The Balaban J connectivity index is 2.31. The monoisotopic (exact) mass is 395 g/mol. The molecule has 1 aliphatic carbocycles. The fraction of sp³-hybridized carbons (Fsp3) is 0.650. The molecule has 1 amide bonds. The molecule has 0 aliphatic heterocycles. The molecule has 0 spiro atoms. The highest BCUT2D eigenvalue weighted by Crippen LogP contribution is 2.28. The summed E-state index contributed by atoms with van der Waals surface area (Å²) in [5.74, 6) is 0.211. The third kappa shape index (κ3) is 6.30. The SMILES string of the molecule is CC(=O)Nc1ccc(C)c(S(=O)(=O)N(CCN(C)C)CC2CCCCC2)c1. The number of hydrogen-bond donors (Lipinski definition) is 1. The lowest BCUT2D eigenvalue weighted by atomic mass is 9.89. The molecule has 6 nitrogen and oxygen atoms in total. The molecule has 1 aromatic carbocycles. The zero-order valence-electron chi connectivity index (χ0n) is 17.0. The van der Waals surface area contributed by atoms with Crippen LogP contribution in [-0.2, 0) is 14.8 Å². The third-order valence-corrected chi connectivity index (χ3v) is 7.12. The van der Waals surface area contributed by atoms with Gasteiger partial charge in [-0.2, -0.15) is 4.31 Å². The number of likely N-dealkylation sites (N-methyl/N-ethyl adjacent to an activating group) is 1. The van der Waals surface area contributed by atoms with E-state index < -0.39 is 10.0 Å². The van der Waals surface area contributed by atoms with Gasteiger partial charge in [0.2, 0.25) is 15.9 Å². The van der Waals surface area contributed by atoms with Gasteiger partial charge in [0.05, 0.1) is 4.90 Å². The van der Waals surface area contributed by atoms with Crippen molar-refractivity contribution in [1.29, 1.82) is 0 Å². The van der Waals surface area contributed by atoms with Crippen molar-refractivity contribution in [3.8, 4) is 0 Å². The fourth-order valence-electron chi connectivity index (χ4n) is 3.58. The molecule has 1 saturated carbocycles. The molecule has 0 aromatic heterocycles. The third-order valence-electron chi connectivity index (χ3n) is 5.11. The standard InChI is InChI=1S/C20H33N3O3S/c1-16-10-11-19(21-17(2)24)14-20(16)27(25,26)23(13-12-22(3)4)15-18-8-6-5-7-9-18/h10-11,14,18H,5-9,12-13,15H2,1-4H3,(H,21,24). The number of anilines is 1. The Bertz CT molecular complexity index is 741. The minimum atomic E-state index is -3.63. The van der Waals surface area contributed by atoms with Crippen molar-refractivity contribution < 1.29 is 13.2 Å². The van der Waals surface area contributed by atoms with Gasteiger partial charge in [0.15, 0.2) is 0 Å². The summed E-state index contributed by atoms with van der Waals surface area (Å²) >= 11 is 0. The zero-order valence-corrected chi connectivity index (χ0v) is 17.8. The summed E-state index contributed by atoms with van der Waals surface area (Å²) < 4.78 is 28.6. The highest BCUT2D eigenvalue weighted by atomic mass is 32.2. The molecule has 0 bridgehead atoms. The summed E-state index contributed by atoms with van der Waals surface area (Å²) in [7, 11) is 0.275. The van der Waals surface area contributed by atoms with Crippen LogP contribution in [0.25, 0.3) is 0 Å². The van der Waals surface area contributed by atoms with Crippen LogP contribution >= 0.6 is 0 Å². The predicted molar refractivity (Wildman–Crippen MR) is 109 cm³/mol. The van der Waals surface area contributed by atoms with Gasteiger partial charge in [-0.05, 0) is 57.5 Å². The second kappa shape index (κ2) is 9.66. The van der Waals surface area contributed by atoms with E-state index in [-0.39, 0.29) is 10.8 Å². The summed E-state index contributed by atoms with van der Waals surface area (Å²) in [6.07, 6.45) is 5.81. The zero-order chi connectivity index (χ0) is 20.0. The lowest BCUT2D eigenvalue weighted by Crippen LogP contribution is -2.40. The van der Waals surface area contributed by atoms with Crippen molar-refractivity contribution >= 4 is 21.6 Å². The summed E-state index contributed by atoms with van der Waals surface area (Å²) in [5, 5.41) is 2.68. The molecule has 1 N–H and O–H groups in total. The van der Waals surface area contributed by atoms with Crippen molar-refractivity contribution in [1.82, 2.24) is 9.21 Å². The van der Waals surface area contributed by atoms with Crippen molar-refractivity contribution in [3.05, 3.63) is 23.8 Å². The van der Waals surface area contributed by atoms with Gasteiger partial charge < -0.3 is 10.2 Å². The Hall–Kier alpha value is -1.44. The topological polar surface area (TPSA) is 69.7 Å². The summed E-state index contributed by atoms with van der Waals surface area (Å²) in [6, 6.07) is 5.07. The molecule has 0 atom stereocenters. The van der Waals surface area contributed by atoms with Crippen molar-refractivity contribution in [3.63, 3.8) is 0 Å². The maximum atomic E-state index is 13.5. The molecule has 0 radical (unpaired) electrons. The van der Waals surface area contributed by atoms with Gasteiger partial charge in [0.25, 0.3) is 0 Å². The van der Waals surface area contributed by atoms with Crippen molar-refractivity contribution in [2.24, 2.45) is 5.92 Å². The lowest BCUT2D eigenvalue weighted by molar-refractivity contribution is -0.114. The molecule has 0 unspecified atom stereocenters. The molecule has 152 valence electrons. The van der Waals surface area contributed by atoms with Crippen LogP contribution in [0.15, 0.2) is 23.1 Å². The number of aryl methyl sites for hydroxylation is 1. The summed E-state index contributed by atoms with van der Waals surface area (Å²) in [4.78, 5) is 13.6. The van der Waals surface area contributed by atoms with E-state index >= 15 is 0 Å². The highest BCUT2D eigenvalue weighted by Gasteiger charge is 2.29. The van der Waals surface area contributed by atoms with Gasteiger partial charge in [0.1, 0.15) is 0 Å². The lowest BCUT2D eigenvalue weighted by Gasteiger charge is -2.30. The second-order valence-electron chi connectivity index (χ2n) is 7.83. The van der Waals surface area contributed by atoms with Crippen LogP contribution in [0.5, 0.6) is 0 Å². The maximum Gasteiger partial charge on any atom is 0.243 e. The number of nitrogens with one attached hydrogen (secondary N) is 1. The summed E-state index contributed by atoms with van der Waals surface area (Å²) in [6.45, 7) is 4.93. The van der Waals surface area contributed by atoms with Crippen molar-refractivity contribution in [2.75, 3.05) is 39.0 Å². The van der Waals surface area contributed by atoms with Crippen molar-refractivity contribution in [2.45, 2.75) is 50.8 Å². The van der Waals surface area contributed by atoms with Gasteiger partial charge in [-0.25, -0.2) is 8.42 Å². The van der Waals surface area contributed by atoms with E-state index in [0.717, 1.165) is 12.8 Å². The van der Waals surface area contributed by atoms with Crippen LogP contribution in [0.1, 0.15) is 44.6 Å².